The van der Waals surface area contributed by atoms with Crippen LogP contribution in [-0.2, 0) is 27.7 Å². The molecule has 32 heavy (non-hydrogen) atoms. The van der Waals surface area contributed by atoms with Gasteiger partial charge in [-0.3, -0.25) is 4.79 Å². The summed E-state index contributed by atoms with van der Waals surface area (Å²) in [6.45, 7) is 2.68. The molecule has 0 atom stereocenters. The average molecular weight is 471 g/mol. The number of carbonyl (C=O) groups is 2. The molecular weight excluding hydrogens is 448 g/mol. The second kappa shape index (κ2) is 9.23. The van der Waals surface area contributed by atoms with Crippen LogP contribution in [0.25, 0.3) is 0 Å². The third-order valence-corrected chi connectivity index (χ3v) is 7.97. The first-order chi connectivity index (χ1) is 15.4. The minimum absolute atomic E-state index is 0.0722. The van der Waals surface area contributed by atoms with Crippen LogP contribution in [0, 0.1) is 0 Å². The maximum atomic E-state index is 13.2. The largest absolute Gasteiger partial charge is 0.462 e. The standard InChI is InChI=1S/C23H22N2O5S2/c1-2-30-23(27)20-10-11-21(31-20)24-22(26)17-8-5-9-19(14-17)32(28,29)25-13-12-16-6-3-4-7-18(16)15-25/h3-11,14H,2,12-13,15H2,1H3,(H,24,26). The second-order valence-corrected chi connectivity index (χ2v) is 10.2. The Hall–Kier alpha value is -3.01. The van der Waals surface area contributed by atoms with Crippen molar-refractivity contribution in [2.45, 2.75) is 24.8 Å². The van der Waals surface area contributed by atoms with Gasteiger partial charge in [0.1, 0.15) is 4.88 Å². The first-order valence-electron chi connectivity index (χ1n) is 10.1. The Kier molecular flexibility index (Phi) is 6.40. The maximum Gasteiger partial charge on any atom is 0.348 e. The van der Waals surface area contributed by atoms with Gasteiger partial charge in [0, 0.05) is 18.7 Å². The molecule has 3 aromatic rings. The van der Waals surface area contributed by atoms with Gasteiger partial charge in [-0.1, -0.05) is 30.3 Å². The van der Waals surface area contributed by atoms with Crippen molar-refractivity contribution in [3.05, 3.63) is 82.2 Å². The number of carbonyl (C=O) groups excluding carboxylic acids is 2. The summed E-state index contributed by atoms with van der Waals surface area (Å²) >= 11 is 1.10. The molecule has 0 fully saturated rings. The number of nitrogens with zero attached hydrogens (tertiary/aromatic N) is 1. The fraction of sp³-hybridized carbons (Fsp3) is 0.217. The lowest BCUT2D eigenvalue weighted by Crippen LogP contribution is -2.36. The maximum absolute atomic E-state index is 13.2. The van der Waals surface area contributed by atoms with Crippen molar-refractivity contribution in [2.24, 2.45) is 0 Å². The molecule has 1 aromatic heterocycles. The van der Waals surface area contributed by atoms with Gasteiger partial charge in [0.05, 0.1) is 16.5 Å². The topological polar surface area (TPSA) is 92.8 Å². The van der Waals surface area contributed by atoms with Gasteiger partial charge >= 0.3 is 5.97 Å². The zero-order valence-corrected chi connectivity index (χ0v) is 19.0. The van der Waals surface area contributed by atoms with E-state index in [1.807, 2.05) is 24.3 Å². The summed E-state index contributed by atoms with van der Waals surface area (Å²) in [6, 6.07) is 17.0. The van der Waals surface area contributed by atoms with Crippen LogP contribution in [0.4, 0.5) is 5.00 Å². The van der Waals surface area contributed by atoms with Crippen molar-refractivity contribution < 1.29 is 22.7 Å². The molecule has 9 heteroatoms. The zero-order valence-electron chi connectivity index (χ0n) is 17.4. The molecule has 0 saturated heterocycles. The summed E-state index contributed by atoms with van der Waals surface area (Å²) in [5, 5.41) is 3.18. The minimum atomic E-state index is -3.75. The average Bonchev–Trinajstić information content (AvgIpc) is 3.27. The van der Waals surface area contributed by atoms with Gasteiger partial charge in [-0.05, 0) is 54.8 Å². The fourth-order valence-corrected chi connectivity index (χ4v) is 5.78. The molecular formula is C23H22N2O5S2. The summed E-state index contributed by atoms with van der Waals surface area (Å²) in [5.41, 5.74) is 2.37. The summed E-state index contributed by atoms with van der Waals surface area (Å²) < 4.78 is 32.8. The third-order valence-electron chi connectivity index (χ3n) is 5.15. The Morgan fingerprint density at radius 3 is 2.62 bits per heavy atom. The lowest BCUT2D eigenvalue weighted by Gasteiger charge is -2.28. The molecule has 4 rings (SSSR count). The van der Waals surface area contributed by atoms with Gasteiger partial charge in [-0.15, -0.1) is 11.3 Å². The van der Waals surface area contributed by atoms with Crippen LogP contribution in [0.1, 0.15) is 38.1 Å². The number of rotatable bonds is 6. The Morgan fingerprint density at radius 2 is 1.84 bits per heavy atom. The van der Waals surface area contributed by atoms with Gasteiger partial charge in [-0.2, -0.15) is 4.31 Å². The van der Waals surface area contributed by atoms with Crippen molar-refractivity contribution >= 4 is 38.2 Å². The molecule has 1 aliphatic heterocycles. The first-order valence-corrected chi connectivity index (χ1v) is 12.4. The van der Waals surface area contributed by atoms with Crippen LogP contribution >= 0.6 is 11.3 Å². The molecule has 0 saturated carbocycles. The first kappa shape index (κ1) is 22.2. The number of anilines is 1. The Bertz CT molecular complexity index is 1270. The lowest BCUT2D eigenvalue weighted by molar-refractivity contribution is 0.0532. The van der Waals surface area contributed by atoms with E-state index >= 15 is 0 Å². The van der Waals surface area contributed by atoms with Crippen molar-refractivity contribution in [3.8, 4) is 0 Å². The Labute approximate surface area is 190 Å². The number of thiophene rings is 1. The van der Waals surface area contributed by atoms with Crippen LogP contribution in [-0.4, -0.2) is 37.8 Å². The minimum Gasteiger partial charge on any atom is -0.462 e. The van der Waals surface area contributed by atoms with Gasteiger partial charge in [0.25, 0.3) is 5.91 Å². The molecule has 0 unspecified atom stereocenters. The smallest absolute Gasteiger partial charge is 0.348 e. The zero-order chi connectivity index (χ0) is 22.7. The highest BCUT2D eigenvalue weighted by Crippen LogP contribution is 2.26. The van der Waals surface area contributed by atoms with E-state index in [0.29, 0.717) is 29.4 Å². The van der Waals surface area contributed by atoms with Crippen LogP contribution in [0.2, 0.25) is 0 Å². The van der Waals surface area contributed by atoms with Crippen LogP contribution < -0.4 is 5.32 Å². The number of amides is 1. The summed E-state index contributed by atoms with van der Waals surface area (Å²) in [4.78, 5) is 25.0. The summed E-state index contributed by atoms with van der Waals surface area (Å²) in [7, 11) is -3.75. The SMILES string of the molecule is CCOC(=O)c1ccc(NC(=O)c2cccc(S(=O)(=O)N3CCc4ccccc4C3)c2)s1. The second-order valence-electron chi connectivity index (χ2n) is 7.22. The van der Waals surface area contributed by atoms with Gasteiger partial charge in [-0.25, -0.2) is 13.2 Å². The van der Waals surface area contributed by atoms with Gasteiger partial charge < -0.3 is 10.1 Å². The van der Waals surface area contributed by atoms with E-state index in [-0.39, 0.29) is 17.1 Å². The molecule has 1 N–H and O–H groups in total. The highest BCUT2D eigenvalue weighted by Gasteiger charge is 2.28. The number of nitrogens with one attached hydrogen (secondary N) is 1. The highest BCUT2D eigenvalue weighted by atomic mass is 32.2. The lowest BCUT2D eigenvalue weighted by atomic mass is 10.0. The van der Waals surface area contributed by atoms with Crippen molar-refractivity contribution in [3.63, 3.8) is 0 Å². The number of fused-ring (bicyclic) bond motifs is 1. The predicted octanol–water partition coefficient (Wildman–Crippen LogP) is 3.92. The van der Waals surface area contributed by atoms with E-state index in [9.17, 15) is 18.0 Å². The summed E-state index contributed by atoms with van der Waals surface area (Å²) in [5.74, 6) is -0.905. The molecule has 0 aliphatic carbocycles. The highest BCUT2D eigenvalue weighted by molar-refractivity contribution is 7.89. The predicted molar refractivity (Wildman–Crippen MR) is 122 cm³/mol. The molecule has 7 nitrogen and oxygen atoms in total. The van der Waals surface area contributed by atoms with E-state index in [0.717, 1.165) is 22.5 Å². The normalized spacial score (nSPS) is 13.9. The summed E-state index contributed by atoms with van der Waals surface area (Å²) in [6.07, 6.45) is 0.650. The molecule has 2 heterocycles. The third kappa shape index (κ3) is 4.59. The molecule has 166 valence electrons. The van der Waals surface area contributed by atoms with Crippen molar-refractivity contribution in [2.75, 3.05) is 18.5 Å². The van der Waals surface area contributed by atoms with E-state index in [2.05, 4.69) is 5.32 Å². The number of hydrogen-bond donors (Lipinski definition) is 1. The molecule has 0 radical (unpaired) electrons. The van der Waals surface area contributed by atoms with Crippen molar-refractivity contribution in [1.29, 1.82) is 0 Å². The fourth-order valence-electron chi connectivity index (χ4n) is 3.52. The van der Waals surface area contributed by atoms with E-state index in [4.69, 9.17) is 4.74 Å². The number of esters is 1. The molecule has 1 aliphatic rings. The molecule has 1 amide bonds. The van der Waals surface area contributed by atoms with Crippen LogP contribution in [0.3, 0.4) is 0 Å². The molecule has 2 aromatic carbocycles. The van der Waals surface area contributed by atoms with Crippen molar-refractivity contribution in [1.82, 2.24) is 4.31 Å². The van der Waals surface area contributed by atoms with Gasteiger partial charge in [0.2, 0.25) is 10.0 Å². The Balaban J connectivity index is 1.51. The monoisotopic (exact) mass is 470 g/mol. The number of benzene rings is 2. The van der Waals surface area contributed by atoms with Crippen LogP contribution in [0.15, 0.2) is 65.6 Å². The quantitative estimate of drug-likeness (QED) is 0.551. The Morgan fingerprint density at radius 1 is 1.06 bits per heavy atom. The molecule has 0 spiro atoms. The number of sulfonamides is 1. The van der Waals surface area contributed by atoms with E-state index < -0.39 is 21.9 Å². The number of ether oxygens (including phenoxy) is 1. The number of hydrogen-bond acceptors (Lipinski definition) is 6. The molecule has 0 bridgehead atoms. The van der Waals surface area contributed by atoms with Crippen LogP contribution in [0.5, 0.6) is 0 Å². The van der Waals surface area contributed by atoms with Gasteiger partial charge in [0.15, 0.2) is 0 Å². The van der Waals surface area contributed by atoms with E-state index in [1.165, 1.54) is 16.4 Å². The van der Waals surface area contributed by atoms with E-state index in [1.54, 1.807) is 31.2 Å².